The molecule has 1 aliphatic heterocycles. The molecule has 33 heavy (non-hydrogen) atoms. The van der Waals surface area contributed by atoms with Crippen LogP contribution in [0.15, 0.2) is 83.8 Å². The molecule has 1 amide bonds. The highest BCUT2D eigenvalue weighted by atomic mass is 32.2. The van der Waals surface area contributed by atoms with Crippen molar-refractivity contribution in [1.29, 1.82) is 0 Å². The fourth-order valence-corrected chi connectivity index (χ4v) is 5.91. The van der Waals surface area contributed by atoms with Gasteiger partial charge in [0, 0.05) is 17.2 Å². The number of fused-ring (bicyclic) bond motifs is 1. The number of benzene rings is 3. The van der Waals surface area contributed by atoms with Gasteiger partial charge in [0.15, 0.2) is 6.10 Å². The van der Waals surface area contributed by atoms with Gasteiger partial charge < -0.3 is 10.1 Å². The van der Waals surface area contributed by atoms with E-state index in [1.54, 1.807) is 48.2 Å². The molecule has 0 unspecified atom stereocenters. The van der Waals surface area contributed by atoms with Crippen molar-refractivity contribution in [2.45, 2.75) is 23.7 Å². The summed E-state index contributed by atoms with van der Waals surface area (Å²) in [5.74, 6) is 0.612. The van der Waals surface area contributed by atoms with Crippen LogP contribution in [0.2, 0.25) is 0 Å². The molecule has 0 aromatic heterocycles. The lowest BCUT2D eigenvalue weighted by Gasteiger charge is -2.34. The highest BCUT2D eigenvalue weighted by Gasteiger charge is 2.36. The maximum Gasteiger partial charge on any atom is 0.263 e. The molecule has 0 bridgehead atoms. The van der Waals surface area contributed by atoms with Crippen molar-refractivity contribution in [3.8, 4) is 5.75 Å². The van der Waals surface area contributed by atoms with Crippen molar-refractivity contribution in [3.63, 3.8) is 0 Å². The minimum atomic E-state index is -3.71. The molecular formula is C25H26N2O4S2. The summed E-state index contributed by atoms with van der Waals surface area (Å²) in [5.41, 5.74) is 2.34. The molecule has 0 spiro atoms. The lowest BCUT2D eigenvalue weighted by molar-refractivity contribution is -0.127. The van der Waals surface area contributed by atoms with Crippen LogP contribution in [0.4, 0.5) is 5.69 Å². The van der Waals surface area contributed by atoms with E-state index in [0.29, 0.717) is 29.3 Å². The van der Waals surface area contributed by atoms with E-state index < -0.39 is 16.1 Å². The van der Waals surface area contributed by atoms with Crippen molar-refractivity contribution in [2.75, 3.05) is 23.1 Å². The molecule has 1 atom stereocenters. The minimum absolute atomic E-state index is 0.0664. The van der Waals surface area contributed by atoms with Crippen LogP contribution < -0.4 is 14.4 Å². The van der Waals surface area contributed by atoms with Gasteiger partial charge in [-0.3, -0.25) is 9.10 Å². The molecule has 1 aliphatic rings. The molecular weight excluding hydrogens is 456 g/mol. The van der Waals surface area contributed by atoms with Gasteiger partial charge in [-0.2, -0.15) is 0 Å². The van der Waals surface area contributed by atoms with Gasteiger partial charge in [-0.15, -0.1) is 11.8 Å². The quantitative estimate of drug-likeness (QED) is 0.388. The highest BCUT2D eigenvalue weighted by Crippen LogP contribution is 2.35. The second-order valence-electron chi connectivity index (χ2n) is 7.80. The molecule has 0 aliphatic carbocycles. The molecule has 0 saturated carbocycles. The van der Waals surface area contributed by atoms with Gasteiger partial charge in [0.05, 0.1) is 18.0 Å². The number of para-hydroxylation sites is 2. The molecule has 0 radical (unpaired) electrons. The monoisotopic (exact) mass is 482 g/mol. The fraction of sp³-hybridized carbons (Fsp3) is 0.240. The zero-order valence-corrected chi connectivity index (χ0v) is 19.9. The molecule has 172 valence electrons. The molecule has 1 heterocycles. The summed E-state index contributed by atoms with van der Waals surface area (Å²) in [6, 6.07) is 24.1. The largest absolute Gasteiger partial charge is 0.476 e. The third kappa shape index (κ3) is 5.89. The fourth-order valence-electron chi connectivity index (χ4n) is 3.56. The van der Waals surface area contributed by atoms with E-state index in [1.807, 2.05) is 25.1 Å². The first-order valence-corrected chi connectivity index (χ1v) is 13.3. The number of ether oxygens (including phenoxy) is 1. The Bertz CT molecular complexity index is 1200. The van der Waals surface area contributed by atoms with E-state index in [0.717, 1.165) is 4.90 Å². The normalized spacial score (nSPS) is 15.4. The zero-order chi connectivity index (χ0) is 23.3. The number of sulfonamides is 1. The number of amides is 1. The topological polar surface area (TPSA) is 75.7 Å². The van der Waals surface area contributed by atoms with Gasteiger partial charge in [0.25, 0.3) is 5.91 Å². The number of thioether (sulfide) groups is 1. The second-order valence-corrected chi connectivity index (χ2v) is 10.9. The molecule has 0 fully saturated rings. The van der Waals surface area contributed by atoms with Crippen LogP contribution in [0, 0.1) is 6.92 Å². The molecule has 6 nitrogen and oxygen atoms in total. The molecule has 0 saturated heterocycles. The molecule has 4 rings (SSSR count). The summed E-state index contributed by atoms with van der Waals surface area (Å²) in [5, 5.41) is 2.88. The number of nitrogens with one attached hydrogen (secondary N) is 1. The first-order chi connectivity index (χ1) is 15.9. The molecule has 3 aromatic rings. The lowest BCUT2D eigenvalue weighted by atomic mass is 10.2. The SMILES string of the molecule is Cc1ccc(SCCNC(=O)[C@@H]2CN(S(=O)(=O)Cc3ccccc3)c3ccccc3O2)cc1. The van der Waals surface area contributed by atoms with Gasteiger partial charge >= 0.3 is 0 Å². The zero-order valence-electron chi connectivity index (χ0n) is 18.3. The van der Waals surface area contributed by atoms with Crippen LogP contribution in [-0.2, 0) is 20.6 Å². The molecule has 1 N–H and O–H groups in total. The maximum absolute atomic E-state index is 13.3. The Balaban J connectivity index is 1.42. The van der Waals surface area contributed by atoms with E-state index >= 15 is 0 Å². The average molecular weight is 483 g/mol. The summed E-state index contributed by atoms with van der Waals surface area (Å²) in [6.45, 7) is 2.43. The van der Waals surface area contributed by atoms with Crippen LogP contribution in [0.3, 0.4) is 0 Å². The summed E-state index contributed by atoms with van der Waals surface area (Å²) < 4.78 is 33.7. The van der Waals surface area contributed by atoms with E-state index in [-0.39, 0.29) is 18.2 Å². The standard InChI is InChI=1S/C25H26N2O4S2/c1-19-11-13-21(14-12-19)32-16-15-26-25(28)24-17-27(22-9-5-6-10-23(22)31-24)33(29,30)18-20-7-3-2-4-8-20/h2-14,24H,15-18H2,1H3,(H,26,28)/t24-/m0/s1. The summed E-state index contributed by atoms with van der Waals surface area (Å²) in [7, 11) is -3.71. The van der Waals surface area contributed by atoms with Crippen molar-refractivity contribution in [2.24, 2.45) is 0 Å². The summed E-state index contributed by atoms with van der Waals surface area (Å²) in [6.07, 6.45) is -0.921. The molecule has 3 aromatic carbocycles. The average Bonchev–Trinajstić information content (AvgIpc) is 2.82. The first-order valence-electron chi connectivity index (χ1n) is 10.7. The van der Waals surface area contributed by atoms with E-state index in [2.05, 4.69) is 29.6 Å². The predicted octanol–water partition coefficient (Wildman–Crippen LogP) is 4.00. The van der Waals surface area contributed by atoms with Crippen LogP contribution in [-0.4, -0.2) is 39.3 Å². The Hall–Kier alpha value is -2.97. The van der Waals surface area contributed by atoms with Crippen LogP contribution in [0.25, 0.3) is 0 Å². The smallest absolute Gasteiger partial charge is 0.263 e. The van der Waals surface area contributed by atoms with Crippen molar-refractivity contribution >= 4 is 33.4 Å². The number of nitrogens with zero attached hydrogens (tertiary/aromatic N) is 1. The Labute approximate surface area is 199 Å². The Kier molecular flexibility index (Phi) is 7.25. The van der Waals surface area contributed by atoms with Crippen molar-refractivity contribution in [3.05, 3.63) is 90.0 Å². The number of anilines is 1. The first kappa shape index (κ1) is 23.2. The van der Waals surface area contributed by atoms with Crippen LogP contribution in [0.1, 0.15) is 11.1 Å². The maximum atomic E-state index is 13.3. The lowest BCUT2D eigenvalue weighted by Crippen LogP contribution is -2.51. The number of hydrogen-bond acceptors (Lipinski definition) is 5. The number of rotatable bonds is 8. The minimum Gasteiger partial charge on any atom is -0.476 e. The number of hydrogen-bond donors (Lipinski definition) is 1. The third-order valence-electron chi connectivity index (χ3n) is 5.25. The van der Waals surface area contributed by atoms with Crippen LogP contribution in [0.5, 0.6) is 5.75 Å². The van der Waals surface area contributed by atoms with Gasteiger partial charge in [-0.05, 0) is 36.8 Å². The van der Waals surface area contributed by atoms with Crippen molar-refractivity contribution < 1.29 is 17.9 Å². The number of carbonyl (C=O) groups excluding carboxylic acids is 1. The van der Waals surface area contributed by atoms with Crippen LogP contribution >= 0.6 is 11.8 Å². The third-order valence-corrected chi connectivity index (χ3v) is 7.98. The second kappa shape index (κ2) is 10.3. The Morgan fingerprint density at radius 2 is 1.73 bits per heavy atom. The number of carbonyl (C=O) groups is 1. The Morgan fingerprint density at radius 1 is 1.03 bits per heavy atom. The van der Waals surface area contributed by atoms with Crippen molar-refractivity contribution in [1.82, 2.24) is 5.32 Å². The van der Waals surface area contributed by atoms with Gasteiger partial charge in [-0.1, -0.05) is 60.2 Å². The van der Waals surface area contributed by atoms with E-state index in [1.165, 1.54) is 9.87 Å². The summed E-state index contributed by atoms with van der Waals surface area (Å²) >= 11 is 1.65. The van der Waals surface area contributed by atoms with Gasteiger partial charge in [-0.25, -0.2) is 8.42 Å². The van der Waals surface area contributed by atoms with Gasteiger partial charge in [0.1, 0.15) is 5.75 Å². The molecule has 8 heteroatoms. The predicted molar refractivity (Wildman–Crippen MR) is 132 cm³/mol. The summed E-state index contributed by atoms with van der Waals surface area (Å²) in [4.78, 5) is 14.0. The number of aryl methyl sites for hydroxylation is 1. The van der Waals surface area contributed by atoms with E-state index in [4.69, 9.17) is 4.74 Å². The Morgan fingerprint density at radius 3 is 2.48 bits per heavy atom. The highest BCUT2D eigenvalue weighted by molar-refractivity contribution is 7.99. The van der Waals surface area contributed by atoms with E-state index in [9.17, 15) is 13.2 Å². The van der Waals surface area contributed by atoms with Gasteiger partial charge in [0.2, 0.25) is 10.0 Å².